The first-order valence-corrected chi connectivity index (χ1v) is 8.79. The zero-order chi connectivity index (χ0) is 15.7. The molecule has 1 rings (SSSR count). The van der Waals surface area contributed by atoms with E-state index >= 15 is 0 Å². The Morgan fingerprint density at radius 3 is 2.52 bits per heavy atom. The van der Waals surface area contributed by atoms with Gasteiger partial charge in [0.15, 0.2) is 5.96 Å². The van der Waals surface area contributed by atoms with Crippen LogP contribution in [-0.2, 0) is 6.42 Å². The third-order valence-electron chi connectivity index (χ3n) is 3.21. The van der Waals surface area contributed by atoms with Crippen LogP contribution in [0.4, 0.5) is 0 Å². The second kappa shape index (κ2) is 9.77. The molecule has 0 aliphatic rings. The Balaban J connectivity index is 2.22. The van der Waals surface area contributed by atoms with Gasteiger partial charge in [-0.25, -0.2) is 4.98 Å². The minimum Gasteiger partial charge on any atom is -0.356 e. The van der Waals surface area contributed by atoms with Crippen LogP contribution in [-0.4, -0.2) is 31.1 Å². The lowest BCUT2D eigenvalue weighted by molar-refractivity contribution is 0.549. The van der Waals surface area contributed by atoms with Crippen molar-refractivity contribution in [3.8, 4) is 0 Å². The molecule has 1 heterocycles. The van der Waals surface area contributed by atoms with Crippen LogP contribution in [0.15, 0.2) is 10.4 Å². The quantitative estimate of drug-likeness (QED) is 0.439. The highest BCUT2D eigenvalue weighted by molar-refractivity contribution is 7.09. The second-order valence-corrected chi connectivity index (χ2v) is 6.93. The number of aromatic nitrogens is 1. The van der Waals surface area contributed by atoms with E-state index in [4.69, 9.17) is 0 Å². The van der Waals surface area contributed by atoms with Crippen molar-refractivity contribution in [3.63, 3.8) is 0 Å². The van der Waals surface area contributed by atoms with Crippen LogP contribution in [0.2, 0.25) is 0 Å². The van der Waals surface area contributed by atoms with E-state index < -0.39 is 0 Å². The van der Waals surface area contributed by atoms with Crippen molar-refractivity contribution in [2.24, 2.45) is 10.9 Å². The first-order chi connectivity index (χ1) is 10.0. The average Bonchev–Trinajstić information content (AvgIpc) is 2.90. The van der Waals surface area contributed by atoms with Crippen LogP contribution in [0.25, 0.3) is 0 Å². The molecule has 21 heavy (non-hydrogen) atoms. The van der Waals surface area contributed by atoms with Gasteiger partial charge >= 0.3 is 0 Å². The lowest BCUT2D eigenvalue weighted by Gasteiger charge is -2.12. The molecule has 0 aliphatic carbocycles. The summed E-state index contributed by atoms with van der Waals surface area (Å²) in [6, 6.07) is 0. The molecule has 1 aromatic rings. The number of nitrogens with one attached hydrogen (secondary N) is 2. The molecular formula is C16H30N4S. The Labute approximate surface area is 133 Å². The van der Waals surface area contributed by atoms with E-state index in [9.17, 15) is 0 Å². The topological polar surface area (TPSA) is 49.3 Å². The molecule has 4 nitrogen and oxygen atoms in total. The highest BCUT2D eigenvalue weighted by Gasteiger charge is 2.05. The maximum Gasteiger partial charge on any atom is 0.190 e. The van der Waals surface area contributed by atoms with Gasteiger partial charge < -0.3 is 10.6 Å². The molecule has 120 valence electrons. The van der Waals surface area contributed by atoms with Gasteiger partial charge in [-0.05, 0) is 18.8 Å². The van der Waals surface area contributed by atoms with Crippen LogP contribution in [0.3, 0.4) is 0 Å². The summed E-state index contributed by atoms with van der Waals surface area (Å²) >= 11 is 1.76. The summed E-state index contributed by atoms with van der Waals surface area (Å²) in [4.78, 5) is 8.89. The summed E-state index contributed by atoms with van der Waals surface area (Å²) in [6.07, 6.45) is 3.37. The number of hydrogen-bond donors (Lipinski definition) is 2. The maximum absolute atomic E-state index is 4.65. The molecule has 0 bridgehead atoms. The van der Waals surface area contributed by atoms with Crippen LogP contribution < -0.4 is 10.6 Å². The van der Waals surface area contributed by atoms with E-state index in [0.29, 0.717) is 5.92 Å². The Kier molecular flexibility index (Phi) is 8.35. The van der Waals surface area contributed by atoms with E-state index in [1.165, 1.54) is 23.5 Å². The molecule has 0 aromatic carbocycles. The minimum absolute atomic E-state index is 0.520. The van der Waals surface area contributed by atoms with E-state index in [2.05, 4.69) is 53.7 Å². The van der Waals surface area contributed by atoms with Crippen molar-refractivity contribution in [3.05, 3.63) is 16.1 Å². The molecule has 0 saturated carbocycles. The minimum atomic E-state index is 0.520. The first kappa shape index (κ1) is 18.0. The van der Waals surface area contributed by atoms with Gasteiger partial charge in [0.25, 0.3) is 0 Å². The van der Waals surface area contributed by atoms with Gasteiger partial charge in [0.2, 0.25) is 0 Å². The molecule has 0 saturated heterocycles. The lowest BCUT2D eigenvalue weighted by Crippen LogP contribution is -2.38. The van der Waals surface area contributed by atoms with E-state index in [0.717, 1.165) is 31.4 Å². The highest BCUT2D eigenvalue weighted by atomic mass is 32.1. The zero-order valence-corrected chi connectivity index (χ0v) is 14.9. The van der Waals surface area contributed by atoms with Gasteiger partial charge in [-0.2, -0.15) is 0 Å². The molecule has 2 N–H and O–H groups in total. The van der Waals surface area contributed by atoms with Gasteiger partial charge in [-0.3, -0.25) is 4.99 Å². The molecule has 0 unspecified atom stereocenters. The molecule has 0 spiro atoms. The standard InChI is InChI=1S/C16H30N4S/c1-12(2)7-6-9-18-16(17-5)19-10-8-14-11-21-15(20-14)13(3)4/h11-13H,6-10H2,1-5H3,(H2,17,18,19). The molecular weight excluding hydrogens is 280 g/mol. The van der Waals surface area contributed by atoms with Crippen molar-refractivity contribution in [1.29, 1.82) is 0 Å². The summed E-state index contributed by atoms with van der Waals surface area (Å²) in [7, 11) is 1.82. The fourth-order valence-corrected chi connectivity index (χ4v) is 2.82. The SMILES string of the molecule is CN=C(NCCCC(C)C)NCCc1csc(C(C)C)n1. The summed E-state index contributed by atoms with van der Waals surface area (Å²) in [5.74, 6) is 2.17. The smallest absolute Gasteiger partial charge is 0.190 e. The number of hydrogen-bond acceptors (Lipinski definition) is 3. The number of guanidine groups is 1. The van der Waals surface area contributed by atoms with Crippen molar-refractivity contribution in [1.82, 2.24) is 15.6 Å². The maximum atomic E-state index is 4.65. The summed E-state index contributed by atoms with van der Waals surface area (Å²) < 4.78 is 0. The molecule has 0 aliphatic heterocycles. The number of thiazole rings is 1. The van der Waals surface area contributed by atoms with Crippen molar-refractivity contribution in [2.45, 2.75) is 52.9 Å². The van der Waals surface area contributed by atoms with Crippen molar-refractivity contribution < 1.29 is 0 Å². The molecule has 0 fully saturated rings. The van der Waals surface area contributed by atoms with Crippen LogP contribution in [0.1, 0.15) is 57.2 Å². The summed E-state index contributed by atoms with van der Waals surface area (Å²) in [5, 5.41) is 10.1. The normalized spacial score (nSPS) is 12.2. The highest BCUT2D eigenvalue weighted by Crippen LogP contribution is 2.19. The Bertz CT molecular complexity index is 424. The van der Waals surface area contributed by atoms with E-state index in [1.807, 2.05) is 7.05 Å². The molecule has 5 heteroatoms. The van der Waals surface area contributed by atoms with Crippen LogP contribution in [0.5, 0.6) is 0 Å². The molecule has 0 amide bonds. The fraction of sp³-hybridized carbons (Fsp3) is 0.750. The fourth-order valence-electron chi connectivity index (χ4n) is 1.95. The Morgan fingerprint density at radius 2 is 1.95 bits per heavy atom. The largest absolute Gasteiger partial charge is 0.356 e. The van der Waals surface area contributed by atoms with Gasteiger partial charge in [0.05, 0.1) is 10.7 Å². The van der Waals surface area contributed by atoms with Crippen LogP contribution in [0, 0.1) is 5.92 Å². The van der Waals surface area contributed by atoms with Gasteiger partial charge in [0, 0.05) is 37.9 Å². The Morgan fingerprint density at radius 1 is 1.24 bits per heavy atom. The predicted octanol–water partition coefficient (Wildman–Crippen LogP) is 3.41. The predicted molar refractivity (Wildman–Crippen MR) is 93.3 cm³/mol. The molecule has 0 atom stereocenters. The molecule has 0 radical (unpaired) electrons. The van der Waals surface area contributed by atoms with Crippen molar-refractivity contribution >= 4 is 17.3 Å². The van der Waals surface area contributed by atoms with Gasteiger partial charge in [-0.15, -0.1) is 11.3 Å². The number of rotatable bonds is 8. The monoisotopic (exact) mass is 310 g/mol. The summed E-state index contributed by atoms with van der Waals surface area (Å²) in [5.41, 5.74) is 1.17. The Hall–Kier alpha value is -1.10. The second-order valence-electron chi connectivity index (χ2n) is 6.04. The number of aliphatic imine (C=N–C) groups is 1. The van der Waals surface area contributed by atoms with Gasteiger partial charge in [0.1, 0.15) is 0 Å². The van der Waals surface area contributed by atoms with Gasteiger partial charge in [-0.1, -0.05) is 27.7 Å². The number of nitrogens with zero attached hydrogens (tertiary/aromatic N) is 2. The third-order valence-corrected chi connectivity index (χ3v) is 4.41. The first-order valence-electron chi connectivity index (χ1n) is 7.91. The lowest BCUT2D eigenvalue weighted by atomic mass is 10.1. The summed E-state index contributed by atoms with van der Waals surface area (Å²) in [6.45, 7) is 10.7. The zero-order valence-electron chi connectivity index (χ0n) is 14.1. The average molecular weight is 311 g/mol. The van der Waals surface area contributed by atoms with Crippen LogP contribution >= 0.6 is 11.3 Å². The van der Waals surface area contributed by atoms with Crippen molar-refractivity contribution in [2.75, 3.05) is 20.1 Å². The third kappa shape index (κ3) is 7.46. The van der Waals surface area contributed by atoms with E-state index in [-0.39, 0.29) is 0 Å². The molecule has 1 aromatic heterocycles. The van der Waals surface area contributed by atoms with E-state index in [1.54, 1.807) is 11.3 Å².